The smallest absolute Gasteiger partial charge is 0.142 e. The Labute approximate surface area is 120 Å². The lowest BCUT2D eigenvalue weighted by Gasteiger charge is -2.01. The van der Waals surface area contributed by atoms with Crippen molar-refractivity contribution in [1.29, 1.82) is 0 Å². The van der Waals surface area contributed by atoms with Gasteiger partial charge in [0, 0.05) is 13.0 Å². The average Bonchev–Trinajstić information content (AvgIpc) is 2.78. The lowest BCUT2D eigenvalue weighted by Crippen LogP contribution is -2.18. The molecule has 1 aliphatic rings. The Hall–Kier alpha value is -0.970. The van der Waals surface area contributed by atoms with Crippen LogP contribution in [-0.2, 0) is 11.4 Å². The normalized spacial score (nSPS) is 19.6. The zero-order chi connectivity index (χ0) is 11.2. The van der Waals surface area contributed by atoms with Crippen LogP contribution in [0.4, 0.5) is 0 Å². The van der Waals surface area contributed by atoms with Gasteiger partial charge in [-0.1, -0.05) is 35.5 Å². The molecule has 0 aliphatic carbocycles. The Morgan fingerprint density at radius 2 is 2.00 bits per heavy atom. The van der Waals surface area contributed by atoms with E-state index >= 15 is 0 Å². The number of rotatable bonds is 4. The van der Waals surface area contributed by atoms with Gasteiger partial charge in [-0.25, -0.2) is 0 Å². The first-order chi connectivity index (χ1) is 7.88. The van der Waals surface area contributed by atoms with Crippen LogP contribution in [0.2, 0.25) is 0 Å². The molecule has 0 saturated carbocycles. The molecule has 3 N–H and O–H groups in total. The molecule has 1 fully saturated rings. The van der Waals surface area contributed by atoms with Crippen molar-refractivity contribution in [3.63, 3.8) is 0 Å². The summed E-state index contributed by atoms with van der Waals surface area (Å²) in [6, 6.07) is 10.0. The molecule has 1 saturated heterocycles. The van der Waals surface area contributed by atoms with E-state index in [4.69, 9.17) is 10.6 Å². The molecule has 1 unspecified atom stereocenters. The van der Waals surface area contributed by atoms with Crippen molar-refractivity contribution in [3.05, 3.63) is 35.9 Å². The quantitative estimate of drug-likeness (QED) is 0.834. The summed E-state index contributed by atoms with van der Waals surface area (Å²) in [5.74, 6) is 1.41. The van der Waals surface area contributed by atoms with Crippen molar-refractivity contribution < 1.29 is 4.84 Å². The third kappa shape index (κ3) is 5.12. The van der Waals surface area contributed by atoms with Gasteiger partial charge >= 0.3 is 0 Å². The number of halogens is 2. The number of benzene rings is 1. The fourth-order valence-electron chi connectivity index (χ4n) is 1.68. The molecule has 0 aromatic heterocycles. The summed E-state index contributed by atoms with van der Waals surface area (Å²) in [4.78, 5) is 5.28. The van der Waals surface area contributed by atoms with Gasteiger partial charge in [-0.15, -0.1) is 24.8 Å². The highest BCUT2D eigenvalue weighted by Crippen LogP contribution is 2.08. The molecular weight excluding hydrogens is 273 g/mol. The second-order valence-corrected chi connectivity index (χ2v) is 3.98. The lowest BCUT2D eigenvalue weighted by molar-refractivity contribution is 0.129. The van der Waals surface area contributed by atoms with Gasteiger partial charge in [0.05, 0.1) is 0 Å². The molecular formula is C12H19Cl2N3O. The molecule has 0 radical (unpaired) electrons. The third-order valence-corrected chi connectivity index (χ3v) is 2.66. The highest BCUT2D eigenvalue weighted by Gasteiger charge is 2.18. The lowest BCUT2D eigenvalue weighted by atomic mass is 10.1. The number of amidine groups is 1. The molecule has 1 aliphatic heterocycles. The maximum atomic E-state index is 5.58. The summed E-state index contributed by atoms with van der Waals surface area (Å²) >= 11 is 0. The Bertz CT molecular complexity index is 360. The molecule has 1 atom stereocenters. The number of nitrogens with two attached hydrogens (primary N) is 1. The van der Waals surface area contributed by atoms with E-state index < -0.39 is 0 Å². The molecule has 4 nitrogen and oxygen atoms in total. The summed E-state index contributed by atoms with van der Waals surface area (Å²) in [5, 5.41) is 7.26. The van der Waals surface area contributed by atoms with Crippen molar-refractivity contribution in [2.24, 2.45) is 16.8 Å². The van der Waals surface area contributed by atoms with Crippen molar-refractivity contribution >= 4 is 30.6 Å². The monoisotopic (exact) mass is 291 g/mol. The Balaban J connectivity index is 0.00000144. The molecule has 1 aromatic rings. The van der Waals surface area contributed by atoms with Crippen molar-refractivity contribution in [1.82, 2.24) is 5.32 Å². The van der Waals surface area contributed by atoms with E-state index in [-0.39, 0.29) is 24.8 Å². The summed E-state index contributed by atoms with van der Waals surface area (Å²) < 4.78 is 0. The predicted octanol–water partition coefficient (Wildman–Crippen LogP) is 1.93. The van der Waals surface area contributed by atoms with E-state index in [0.717, 1.165) is 24.4 Å². The second kappa shape index (κ2) is 9.03. The Kier molecular flexibility index (Phi) is 8.54. The maximum Gasteiger partial charge on any atom is 0.142 e. The van der Waals surface area contributed by atoms with Crippen LogP contribution in [0, 0.1) is 5.92 Å². The van der Waals surface area contributed by atoms with E-state index in [1.807, 2.05) is 30.3 Å². The van der Waals surface area contributed by atoms with Gasteiger partial charge in [-0.05, 0) is 18.0 Å². The van der Waals surface area contributed by atoms with E-state index in [1.54, 1.807) is 0 Å². The molecule has 1 heterocycles. The van der Waals surface area contributed by atoms with Crippen molar-refractivity contribution in [3.8, 4) is 0 Å². The zero-order valence-corrected chi connectivity index (χ0v) is 11.7. The molecule has 1 aromatic carbocycles. The number of nitrogens with zero attached hydrogens (tertiary/aromatic N) is 1. The molecule has 6 heteroatoms. The van der Waals surface area contributed by atoms with E-state index in [2.05, 4.69) is 10.5 Å². The number of hydrogen-bond acceptors (Lipinski definition) is 3. The van der Waals surface area contributed by atoms with Crippen LogP contribution in [0.1, 0.15) is 12.0 Å². The van der Waals surface area contributed by atoms with Gasteiger partial charge in [0.25, 0.3) is 0 Å². The molecule has 0 bridgehead atoms. The minimum Gasteiger partial charge on any atom is -0.390 e. The average molecular weight is 292 g/mol. The van der Waals surface area contributed by atoms with Crippen LogP contribution in [0.15, 0.2) is 35.5 Å². The van der Waals surface area contributed by atoms with Crippen LogP contribution in [0.3, 0.4) is 0 Å². The molecule has 2 rings (SSSR count). The first-order valence-corrected chi connectivity index (χ1v) is 5.55. The molecule has 18 heavy (non-hydrogen) atoms. The van der Waals surface area contributed by atoms with Crippen LogP contribution in [0.5, 0.6) is 0 Å². The first kappa shape index (κ1) is 17.0. The van der Waals surface area contributed by atoms with Crippen LogP contribution in [-0.4, -0.2) is 18.9 Å². The van der Waals surface area contributed by atoms with Gasteiger partial charge in [0.2, 0.25) is 0 Å². The third-order valence-electron chi connectivity index (χ3n) is 2.66. The number of nitrogens with one attached hydrogen (secondary N) is 1. The maximum absolute atomic E-state index is 5.58. The second-order valence-electron chi connectivity index (χ2n) is 3.98. The Morgan fingerprint density at radius 1 is 1.28 bits per heavy atom. The predicted molar refractivity (Wildman–Crippen MR) is 78.3 cm³/mol. The fraction of sp³-hybridized carbons (Fsp3) is 0.417. The summed E-state index contributed by atoms with van der Waals surface area (Å²) in [7, 11) is 0. The summed E-state index contributed by atoms with van der Waals surface area (Å²) in [5.41, 5.74) is 6.71. The largest absolute Gasteiger partial charge is 0.390 e. The minimum atomic E-state index is 0. The standard InChI is InChI=1S/C12H17N3O.2ClH/c13-7-11-6-12(14-8-11)15-16-9-10-4-2-1-3-5-10;;/h1-5,11H,6-9,13H2,(H,14,15);2*1H. The minimum absolute atomic E-state index is 0. The summed E-state index contributed by atoms with van der Waals surface area (Å²) in [6.07, 6.45) is 0.894. The van der Waals surface area contributed by atoms with Gasteiger partial charge < -0.3 is 15.9 Å². The SMILES string of the molecule is Cl.Cl.NCC1CN/C(=N\OCc2ccccc2)C1. The molecule has 102 valence electrons. The first-order valence-electron chi connectivity index (χ1n) is 5.55. The topological polar surface area (TPSA) is 59.6 Å². The highest BCUT2D eigenvalue weighted by atomic mass is 35.5. The number of oxime groups is 1. The van der Waals surface area contributed by atoms with Crippen molar-refractivity contribution in [2.45, 2.75) is 13.0 Å². The molecule has 0 spiro atoms. The van der Waals surface area contributed by atoms with E-state index in [0.29, 0.717) is 19.1 Å². The van der Waals surface area contributed by atoms with Crippen LogP contribution in [0.25, 0.3) is 0 Å². The summed E-state index contributed by atoms with van der Waals surface area (Å²) in [6.45, 7) is 2.12. The number of hydrogen-bond donors (Lipinski definition) is 2. The van der Waals surface area contributed by atoms with Gasteiger partial charge in [-0.3, -0.25) is 0 Å². The van der Waals surface area contributed by atoms with Crippen molar-refractivity contribution in [2.75, 3.05) is 13.1 Å². The fourth-order valence-corrected chi connectivity index (χ4v) is 1.68. The zero-order valence-electron chi connectivity index (χ0n) is 10.0. The van der Waals surface area contributed by atoms with Gasteiger partial charge in [0.1, 0.15) is 12.4 Å². The Morgan fingerprint density at radius 3 is 2.61 bits per heavy atom. The van der Waals surface area contributed by atoms with Gasteiger partial charge in [-0.2, -0.15) is 0 Å². The van der Waals surface area contributed by atoms with Gasteiger partial charge in [0.15, 0.2) is 0 Å². The highest BCUT2D eigenvalue weighted by molar-refractivity contribution is 5.85. The van der Waals surface area contributed by atoms with E-state index in [9.17, 15) is 0 Å². The van der Waals surface area contributed by atoms with E-state index in [1.165, 1.54) is 0 Å². The van der Waals surface area contributed by atoms with Crippen LogP contribution < -0.4 is 11.1 Å². The van der Waals surface area contributed by atoms with Crippen LogP contribution >= 0.6 is 24.8 Å². The molecule has 0 amide bonds.